The smallest absolute Gasteiger partial charge is 0.263 e. The fraction of sp³-hybridized carbons (Fsp3) is 0.217. The van der Waals surface area contributed by atoms with E-state index >= 15 is 0 Å². The van der Waals surface area contributed by atoms with Gasteiger partial charge in [-0.25, -0.2) is 18.4 Å². The molecule has 0 amide bonds. The Balaban J connectivity index is 1.45. The summed E-state index contributed by atoms with van der Waals surface area (Å²) in [5, 5.41) is 2.20. The van der Waals surface area contributed by atoms with Crippen molar-refractivity contribution in [3.63, 3.8) is 0 Å². The van der Waals surface area contributed by atoms with Crippen LogP contribution < -0.4 is 19.1 Å². The van der Waals surface area contributed by atoms with E-state index in [1.54, 1.807) is 19.1 Å². The molecule has 0 atom stereocenters. The highest BCUT2D eigenvalue weighted by molar-refractivity contribution is 7.92. The number of hydrogen-bond donors (Lipinski definition) is 1. The predicted octanol–water partition coefficient (Wildman–Crippen LogP) is 4.86. The lowest BCUT2D eigenvalue weighted by Crippen LogP contribution is -2.28. The van der Waals surface area contributed by atoms with Gasteiger partial charge in [-0.15, -0.1) is 11.3 Å². The van der Waals surface area contributed by atoms with Gasteiger partial charge in [-0.2, -0.15) is 0 Å². The molecule has 0 saturated carbocycles. The number of ether oxygens (including phenoxy) is 2. The molecule has 2 aromatic heterocycles. The lowest BCUT2D eigenvalue weighted by Gasteiger charge is -2.28. The second kappa shape index (κ2) is 8.94. The topological polar surface area (TPSA) is 93.7 Å². The molecule has 0 unspecified atom stereocenters. The van der Waals surface area contributed by atoms with Gasteiger partial charge in [0.2, 0.25) is 5.82 Å². The molecule has 1 N–H and O–H groups in total. The molecule has 1 aliphatic heterocycles. The second-order valence-corrected chi connectivity index (χ2v) is 10.8. The van der Waals surface area contributed by atoms with Crippen molar-refractivity contribution in [3.8, 4) is 11.6 Å². The number of halogens is 1. The van der Waals surface area contributed by atoms with Crippen LogP contribution in [0.1, 0.15) is 11.1 Å². The first-order chi connectivity index (χ1) is 16.3. The molecule has 0 radical (unpaired) electrons. The molecule has 8 nitrogen and oxygen atoms in total. The van der Waals surface area contributed by atoms with Crippen LogP contribution in [-0.2, 0) is 16.6 Å². The fourth-order valence-corrected chi connectivity index (χ4v) is 5.85. The third kappa shape index (κ3) is 4.36. The first-order valence-electron chi connectivity index (χ1n) is 10.4. The lowest BCUT2D eigenvalue weighted by atomic mass is 10.1. The molecule has 0 saturated heterocycles. The van der Waals surface area contributed by atoms with Gasteiger partial charge >= 0.3 is 0 Å². The van der Waals surface area contributed by atoms with E-state index in [0.29, 0.717) is 27.5 Å². The van der Waals surface area contributed by atoms with Gasteiger partial charge in [-0.1, -0.05) is 23.7 Å². The van der Waals surface area contributed by atoms with Crippen molar-refractivity contribution < 1.29 is 17.9 Å². The Hall–Kier alpha value is -3.08. The van der Waals surface area contributed by atoms with Crippen LogP contribution in [0.3, 0.4) is 0 Å². The quantitative estimate of drug-likeness (QED) is 0.391. The molecule has 0 bridgehead atoms. The molecule has 34 heavy (non-hydrogen) atoms. The summed E-state index contributed by atoms with van der Waals surface area (Å²) in [6.45, 7) is 3.26. The van der Waals surface area contributed by atoms with Crippen molar-refractivity contribution >= 4 is 54.8 Å². The molecular weight excluding hydrogens is 496 g/mol. The monoisotopic (exact) mass is 516 g/mol. The van der Waals surface area contributed by atoms with Crippen molar-refractivity contribution in [2.45, 2.75) is 18.4 Å². The molecule has 2 aromatic carbocycles. The number of aromatic nitrogens is 2. The van der Waals surface area contributed by atoms with Gasteiger partial charge in [-0.3, -0.25) is 4.72 Å². The number of thiophene rings is 1. The second-order valence-electron chi connectivity index (χ2n) is 7.82. The van der Waals surface area contributed by atoms with Gasteiger partial charge in [0.25, 0.3) is 15.9 Å². The number of rotatable bonds is 6. The van der Waals surface area contributed by atoms with Gasteiger partial charge in [0.1, 0.15) is 29.3 Å². The van der Waals surface area contributed by atoms with Crippen LogP contribution in [0.25, 0.3) is 10.3 Å². The summed E-state index contributed by atoms with van der Waals surface area (Å²) in [5.41, 5.74) is 2.95. The van der Waals surface area contributed by atoms with E-state index in [9.17, 15) is 8.42 Å². The number of anilines is 2. The minimum atomic E-state index is -3.98. The molecule has 4 aromatic rings. The van der Waals surface area contributed by atoms with Crippen LogP contribution >= 0.6 is 22.9 Å². The minimum absolute atomic E-state index is 0.0169. The summed E-state index contributed by atoms with van der Waals surface area (Å²) in [4.78, 5) is 11.8. The Morgan fingerprint density at radius 1 is 1.24 bits per heavy atom. The van der Waals surface area contributed by atoms with Gasteiger partial charge in [0, 0.05) is 12.1 Å². The van der Waals surface area contributed by atoms with Crippen molar-refractivity contribution in [2.24, 2.45) is 0 Å². The number of benzene rings is 2. The van der Waals surface area contributed by atoms with Crippen LogP contribution in [-0.4, -0.2) is 38.6 Å². The molecule has 3 heterocycles. The largest absolute Gasteiger partial charge is 0.490 e. The van der Waals surface area contributed by atoms with E-state index in [0.717, 1.165) is 23.5 Å². The predicted molar refractivity (Wildman–Crippen MR) is 134 cm³/mol. The SMILES string of the molecule is Cc1c(Cl)cccc1S(=O)(=O)Nc1nc2sccc2nc1OCc1ccc2c(c1)OCCN2C. The Kier molecular flexibility index (Phi) is 5.97. The molecule has 5 rings (SSSR count). The van der Waals surface area contributed by atoms with Crippen LogP contribution in [0, 0.1) is 6.92 Å². The Labute approximate surface area is 206 Å². The normalized spacial score (nSPS) is 13.4. The van der Waals surface area contributed by atoms with Crippen LogP contribution in [0.15, 0.2) is 52.7 Å². The molecular formula is C23H21ClN4O4S2. The van der Waals surface area contributed by atoms with Crippen molar-refractivity contribution in [1.29, 1.82) is 0 Å². The highest BCUT2D eigenvalue weighted by Gasteiger charge is 2.23. The number of fused-ring (bicyclic) bond motifs is 2. The summed E-state index contributed by atoms with van der Waals surface area (Å²) in [6.07, 6.45) is 0. The maximum atomic E-state index is 13.2. The summed E-state index contributed by atoms with van der Waals surface area (Å²) < 4.78 is 40.6. The van der Waals surface area contributed by atoms with Crippen molar-refractivity contribution in [2.75, 3.05) is 29.8 Å². The van der Waals surface area contributed by atoms with E-state index in [-0.39, 0.29) is 23.2 Å². The molecule has 1 aliphatic rings. The Morgan fingerprint density at radius 3 is 2.94 bits per heavy atom. The van der Waals surface area contributed by atoms with Gasteiger partial charge in [0.05, 0.1) is 17.1 Å². The number of nitrogens with one attached hydrogen (secondary N) is 1. The van der Waals surface area contributed by atoms with Gasteiger partial charge in [-0.05, 0) is 53.8 Å². The number of sulfonamides is 1. The zero-order valence-corrected chi connectivity index (χ0v) is 20.8. The fourth-order valence-electron chi connectivity index (χ4n) is 3.65. The minimum Gasteiger partial charge on any atom is -0.490 e. The van der Waals surface area contributed by atoms with Crippen LogP contribution in [0.4, 0.5) is 11.5 Å². The summed E-state index contributed by atoms with van der Waals surface area (Å²) in [5.74, 6) is 0.889. The maximum Gasteiger partial charge on any atom is 0.263 e. The number of likely N-dealkylation sites (N-methyl/N-ethyl adjacent to an activating group) is 1. The van der Waals surface area contributed by atoms with E-state index in [1.807, 2.05) is 36.7 Å². The lowest BCUT2D eigenvalue weighted by molar-refractivity contribution is 0.290. The van der Waals surface area contributed by atoms with E-state index in [1.165, 1.54) is 17.4 Å². The van der Waals surface area contributed by atoms with E-state index < -0.39 is 10.0 Å². The van der Waals surface area contributed by atoms with E-state index in [2.05, 4.69) is 19.6 Å². The third-order valence-corrected chi connectivity index (χ3v) is 8.19. The van der Waals surface area contributed by atoms with Gasteiger partial charge < -0.3 is 14.4 Å². The highest BCUT2D eigenvalue weighted by Crippen LogP contribution is 2.33. The summed E-state index contributed by atoms with van der Waals surface area (Å²) in [6, 6.07) is 12.4. The molecule has 0 aliphatic carbocycles. The number of nitrogens with zero attached hydrogens (tertiary/aromatic N) is 3. The zero-order valence-electron chi connectivity index (χ0n) is 18.4. The average molecular weight is 517 g/mol. The molecule has 11 heteroatoms. The zero-order chi connectivity index (χ0) is 23.9. The van der Waals surface area contributed by atoms with Crippen LogP contribution in [0.2, 0.25) is 5.02 Å². The highest BCUT2D eigenvalue weighted by atomic mass is 35.5. The summed E-state index contributed by atoms with van der Waals surface area (Å²) >= 11 is 7.50. The molecule has 176 valence electrons. The Morgan fingerprint density at radius 2 is 2.09 bits per heavy atom. The van der Waals surface area contributed by atoms with E-state index in [4.69, 9.17) is 21.1 Å². The van der Waals surface area contributed by atoms with Gasteiger partial charge in [0.15, 0.2) is 0 Å². The maximum absolute atomic E-state index is 13.2. The molecule has 0 fully saturated rings. The third-order valence-electron chi connectivity index (χ3n) is 5.50. The van der Waals surface area contributed by atoms with Crippen LogP contribution in [0.5, 0.6) is 11.6 Å². The first kappa shape index (κ1) is 22.7. The Bertz CT molecular complexity index is 1490. The molecule has 0 spiro atoms. The average Bonchev–Trinajstić information content (AvgIpc) is 3.26. The first-order valence-corrected chi connectivity index (χ1v) is 13.2. The number of hydrogen-bond acceptors (Lipinski definition) is 8. The standard InChI is InChI=1S/C23H21ClN4O4S2/c1-14-16(24)4-3-5-20(14)34(29,30)27-21-22(25-17-8-11-33-23(17)26-21)32-13-15-6-7-18-19(12-15)31-10-9-28(18)2/h3-8,11-12H,9-10,13H2,1-2H3,(H,26,27). The van der Waals surface area contributed by atoms with Crippen molar-refractivity contribution in [1.82, 2.24) is 9.97 Å². The van der Waals surface area contributed by atoms with Crippen molar-refractivity contribution in [3.05, 3.63) is 64.0 Å². The summed E-state index contributed by atoms with van der Waals surface area (Å²) in [7, 11) is -1.96.